The first-order chi connectivity index (χ1) is 11.0. The number of hydrogen-bond donors (Lipinski definition) is 1. The maximum atomic E-state index is 11.7. The summed E-state index contributed by atoms with van der Waals surface area (Å²) in [6.07, 6.45) is 0. The van der Waals surface area contributed by atoms with Crippen molar-refractivity contribution in [3.05, 3.63) is 41.7 Å². The first-order valence-corrected chi connectivity index (χ1v) is 6.71. The Labute approximate surface area is 131 Å². The van der Waals surface area contributed by atoms with Crippen LogP contribution in [0.5, 0.6) is 0 Å². The number of nitrogens with two attached hydrogens (primary N) is 1. The largest absolute Gasteiger partial charge is 0.464 e. The fourth-order valence-electron chi connectivity index (χ4n) is 2.33. The molecule has 0 saturated carbocycles. The molecule has 0 spiro atoms. The number of nitrogen functional groups attached to an aromatic ring is 1. The third-order valence-corrected chi connectivity index (χ3v) is 3.46. The van der Waals surface area contributed by atoms with Gasteiger partial charge in [0.15, 0.2) is 0 Å². The Morgan fingerprint density at radius 3 is 2.09 bits per heavy atom. The average molecular weight is 311 g/mol. The van der Waals surface area contributed by atoms with Crippen molar-refractivity contribution < 1.29 is 19.1 Å². The summed E-state index contributed by atoms with van der Waals surface area (Å²) in [5, 5.41) is 1.34. The molecular formula is C16H13N3O4. The Balaban J connectivity index is 2.36. The molecule has 0 atom stereocenters. The van der Waals surface area contributed by atoms with Crippen LogP contribution >= 0.6 is 0 Å². The summed E-state index contributed by atoms with van der Waals surface area (Å²) in [4.78, 5) is 32.0. The lowest BCUT2D eigenvalue weighted by molar-refractivity contribution is 0.0585. The SMILES string of the molecule is COC(=O)c1ccc2cc(N)c3ccc(C(=O)OC)nc3c2n1. The lowest BCUT2D eigenvalue weighted by Gasteiger charge is -2.08. The fraction of sp³-hybridized carbons (Fsp3) is 0.125. The van der Waals surface area contributed by atoms with E-state index in [4.69, 9.17) is 5.73 Å². The number of anilines is 1. The molecule has 3 aromatic rings. The molecule has 0 saturated heterocycles. The molecule has 0 unspecified atom stereocenters. The Hall–Kier alpha value is -3.22. The molecule has 7 nitrogen and oxygen atoms in total. The van der Waals surface area contributed by atoms with Crippen LogP contribution < -0.4 is 5.73 Å². The van der Waals surface area contributed by atoms with Gasteiger partial charge in [0.2, 0.25) is 0 Å². The monoisotopic (exact) mass is 311 g/mol. The van der Waals surface area contributed by atoms with Gasteiger partial charge in [-0.15, -0.1) is 0 Å². The molecule has 0 amide bonds. The van der Waals surface area contributed by atoms with Crippen LogP contribution in [0.15, 0.2) is 30.3 Å². The second-order valence-electron chi connectivity index (χ2n) is 4.81. The van der Waals surface area contributed by atoms with Gasteiger partial charge in [0.05, 0.1) is 25.3 Å². The lowest BCUT2D eigenvalue weighted by Crippen LogP contribution is -2.06. The summed E-state index contributed by atoms with van der Waals surface area (Å²) in [6, 6.07) is 8.20. The number of nitrogens with zero attached hydrogens (tertiary/aromatic N) is 2. The zero-order chi connectivity index (χ0) is 16.6. The van der Waals surface area contributed by atoms with Gasteiger partial charge in [0, 0.05) is 16.5 Å². The Kier molecular flexibility index (Phi) is 3.53. The maximum Gasteiger partial charge on any atom is 0.356 e. The molecule has 1 aromatic carbocycles. The van der Waals surface area contributed by atoms with Crippen molar-refractivity contribution in [1.29, 1.82) is 0 Å². The van der Waals surface area contributed by atoms with Crippen LogP contribution in [-0.2, 0) is 9.47 Å². The van der Waals surface area contributed by atoms with Crippen LogP contribution in [0.3, 0.4) is 0 Å². The number of hydrogen-bond acceptors (Lipinski definition) is 7. The van der Waals surface area contributed by atoms with Crippen molar-refractivity contribution in [2.45, 2.75) is 0 Å². The first-order valence-electron chi connectivity index (χ1n) is 6.71. The quantitative estimate of drug-likeness (QED) is 0.438. The topological polar surface area (TPSA) is 104 Å². The van der Waals surface area contributed by atoms with Crippen molar-refractivity contribution in [2.24, 2.45) is 0 Å². The Bertz CT molecular complexity index is 953. The summed E-state index contributed by atoms with van der Waals surface area (Å²) < 4.78 is 9.36. The van der Waals surface area contributed by atoms with Gasteiger partial charge in [-0.25, -0.2) is 19.6 Å². The summed E-state index contributed by atoms with van der Waals surface area (Å²) in [5.41, 5.74) is 7.70. The number of methoxy groups -OCH3 is 2. The molecule has 2 N–H and O–H groups in total. The van der Waals surface area contributed by atoms with Gasteiger partial charge in [-0.1, -0.05) is 6.07 Å². The van der Waals surface area contributed by atoms with E-state index >= 15 is 0 Å². The van der Waals surface area contributed by atoms with E-state index in [-0.39, 0.29) is 11.4 Å². The van der Waals surface area contributed by atoms with Gasteiger partial charge < -0.3 is 15.2 Å². The molecule has 116 valence electrons. The van der Waals surface area contributed by atoms with Gasteiger partial charge in [0.1, 0.15) is 11.4 Å². The highest BCUT2D eigenvalue weighted by molar-refractivity contribution is 6.10. The molecule has 2 aromatic heterocycles. The predicted molar refractivity (Wildman–Crippen MR) is 84.1 cm³/mol. The van der Waals surface area contributed by atoms with Crippen molar-refractivity contribution in [2.75, 3.05) is 20.0 Å². The maximum absolute atomic E-state index is 11.7. The summed E-state index contributed by atoms with van der Waals surface area (Å²) in [6.45, 7) is 0. The second-order valence-corrected chi connectivity index (χ2v) is 4.81. The first kappa shape index (κ1) is 14.7. The number of carbonyl (C=O) groups excluding carboxylic acids is 2. The van der Waals surface area contributed by atoms with E-state index in [1.54, 1.807) is 24.3 Å². The minimum atomic E-state index is -0.563. The van der Waals surface area contributed by atoms with Gasteiger partial charge in [-0.3, -0.25) is 0 Å². The van der Waals surface area contributed by atoms with E-state index in [9.17, 15) is 9.59 Å². The number of pyridine rings is 2. The van der Waals surface area contributed by atoms with Crippen LogP contribution in [0.25, 0.3) is 21.8 Å². The zero-order valence-corrected chi connectivity index (χ0v) is 12.5. The normalized spacial score (nSPS) is 10.7. The minimum absolute atomic E-state index is 0.136. The number of esters is 2. The lowest BCUT2D eigenvalue weighted by atomic mass is 10.1. The number of rotatable bonds is 2. The smallest absolute Gasteiger partial charge is 0.356 e. The van der Waals surface area contributed by atoms with E-state index in [1.165, 1.54) is 20.3 Å². The molecular weight excluding hydrogens is 298 g/mol. The molecule has 0 bridgehead atoms. The highest BCUT2D eigenvalue weighted by Crippen LogP contribution is 2.28. The Morgan fingerprint density at radius 2 is 1.48 bits per heavy atom. The number of ether oxygens (including phenoxy) is 2. The van der Waals surface area contributed by atoms with Crippen LogP contribution in [-0.4, -0.2) is 36.1 Å². The van der Waals surface area contributed by atoms with Gasteiger partial charge in [0.25, 0.3) is 0 Å². The van der Waals surface area contributed by atoms with Crippen molar-refractivity contribution in [3.63, 3.8) is 0 Å². The van der Waals surface area contributed by atoms with Gasteiger partial charge in [-0.05, 0) is 24.3 Å². The fourth-order valence-corrected chi connectivity index (χ4v) is 2.33. The van der Waals surface area contributed by atoms with E-state index in [0.29, 0.717) is 27.5 Å². The van der Waals surface area contributed by atoms with Crippen LogP contribution in [0.1, 0.15) is 21.0 Å². The van der Waals surface area contributed by atoms with E-state index < -0.39 is 11.9 Å². The Morgan fingerprint density at radius 1 is 0.913 bits per heavy atom. The summed E-state index contributed by atoms with van der Waals surface area (Å²) in [7, 11) is 2.56. The molecule has 0 aliphatic heterocycles. The van der Waals surface area contributed by atoms with Crippen molar-refractivity contribution in [3.8, 4) is 0 Å². The molecule has 0 fully saturated rings. The van der Waals surface area contributed by atoms with E-state index in [1.807, 2.05) is 0 Å². The predicted octanol–water partition coefficient (Wildman–Crippen LogP) is 1.94. The highest BCUT2D eigenvalue weighted by atomic mass is 16.5. The third-order valence-electron chi connectivity index (χ3n) is 3.46. The third kappa shape index (κ3) is 2.42. The number of benzene rings is 1. The average Bonchev–Trinajstić information content (AvgIpc) is 2.59. The van der Waals surface area contributed by atoms with E-state index in [0.717, 1.165) is 0 Å². The van der Waals surface area contributed by atoms with Gasteiger partial charge >= 0.3 is 11.9 Å². The van der Waals surface area contributed by atoms with Gasteiger partial charge in [-0.2, -0.15) is 0 Å². The van der Waals surface area contributed by atoms with Crippen LogP contribution in [0, 0.1) is 0 Å². The number of aromatic nitrogens is 2. The van der Waals surface area contributed by atoms with Crippen molar-refractivity contribution >= 4 is 39.4 Å². The molecule has 3 rings (SSSR count). The standard InChI is InChI=1S/C16H13N3O4/c1-22-15(20)11-5-3-8-7-10(17)9-4-6-12(16(21)23-2)19-14(9)13(8)18-11/h3-7H,17H2,1-2H3. The molecule has 0 aliphatic rings. The molecule has 0 aliphatic carbocycles. The number of fused-ring (bicyclic) bond motifs is 3. The highest BCUT2D eigenvalue weighted by Gasteiger charge is 2.15. The molecule has 7 heteroatoms. The summed E-state index contributed by atoms with van der Waals surface area (Å²) in [5.74, 6) is -1.12. The van der Waals surface area contributed by atoms with Crippen LogP contribution in [0.4, 0.5) is 5.69 Å². The number of carbonyl (C=O) groups is 2. The zero-order valence-electron chi connectivity index (χ0n) is 12.5. The minimum Gasteiger partial charge on any atom is -0.464 e. The molecule has 23 heavy (non-hydrogen) atoms. The van der Waals surface area contributed by atoms with E-state index in [2.05, 4.69) is 19.4 Å². The summed E-state index contributed by atoms with van der Waals surface area (Å²) >= 11 is 0. The second kappa shape index (κ2) is 5.53. The van der Waals surface area contributed by atoms with Crippen LogP contribution in [0.2, 0.25) is 0 Å². The molecule has 0 radical (unpaired) electrons. The van der Waals surface area contributed by atoms with Crippen molar-refractivity contribution in [1.82, 2.24) is 9.97 Å². The molecule has 2 heterocycles.